The summed E-state index contributed by atoms with van der Waals surface area (Å²) in [6.45, 7) is 6.94. The minimum Gasteiger partial charge on any atom is -0.494 e. The Hall–Kier alpha value is -1.09. The third-order valence-electron chi connectivity index (χ3n) is 3.24. The second-order valence-corrected chi connectivity index (χ2v) is 5.44. The number of halogens is 1. The van der Waals surface area contributed by atoms with Crippen molar-refractivity contribution in [1.82, 2.24) is 0 Å². The van der Waals surface area contributed by atoms with Crippen LogP contribution in [0.2, 0.25) is 0 Å². The monoisotopic (exact) mass is 239 g/mol. The predicted molar refractivity (Wildman–Crippen MR) is 68.7 cm³/mol. The molecule has 1 atom stereocenters. The first kappa shape index (κ1) is 14.0. The summed E-state index contributed by atoms with van der Waals surface area (Å²) in [4.78, 5) is 0. The molecule has 0 bridgehead atoms. The third-order valence-corrected chi connectivity index (χ3v) is 3.24. The average molecular weight is 239 g/mol. The van der Waals surface area contributed by atoms with Crippen molar-refractivity contribution in [2.45, 2.75) is 27.2 Å². The van der Waals surface area contributed by atoms with Gasteiger partial charge in [0.05, 0.1) is 7.11 Å². The summed E-state index contributed by atoms with van der Waals surface area (Å²) in [7, 11) is 1.48. The lowest BCUT2D eigenvalue weighted by atomic mass is 9.77. The Kier molecular flexibility index (Phi) is 4.52. The van der Waals surface area contributed by atoms with E-state index in [1.54, 1.807) is 12.1 Å². The molecule has 0 radical (unpaired) electrons. The zero-order valence-electron chi connectivity index (χ0n) is 11.1. The van der Waals surface area contributed by atoms with Crippen LogP contribution < -0.4 is 10.5 Å². The summed E-state index contributed by atoms with van der Waals surface area (Å²) in [5.74, 6) is 0.286. The van der Waals surface area contributed by atoms with E-state index < -0.39 is 0 Å². The van der Waals surface area contributed by atoms with E-state index in [0.717, 1.165) is 0 Å². The number of hydrogen-bond donors (Lipinski definition) is 1. The lowest BCUT2D eigenvalue weighted by Crippen LogP contribution is -2.30. The number of methoxy groups -OCH3 is 1. The Labute approximate surface area is 103 Å². The fraction of sp³-hybridized carbons (Fsp3) is 0.571. The molecule has 3 heteroatoms. The highest BCUT2D eigenvalue weighted by molar-refractivity contribution is 5.31. The average Bonchev–Trinajstić information content (AvgIpc) is 2.26. The maximum atomic E-state index is 14.0. The smallest absolute Gasteiger partial charge is 0.168 e. The van der Waals surface area contributed by atoms with E-state index in [2.05, 4.69) is 20.8 Å². The van der Waals surface area contributed by atoms with Crippen LogP contribution >= 0.6 is 0 Å². The fourth-order valence-electron chi connectivity index (χ4n) is 1.88. The summed E-state index contributed by atoms with van der Waals surface area (Å²) < 4.78 is 19.0. The maximum Gasteiger partial charge on any atom is 0.168 e. The highest BCUT2D eigenvalue weighted by Gasteiger charge is 2.24. The zero-order valence-corrected chi connectivity index (χ0v) is 11.1. The van der Waals surface area contributed by atoms with Gasteiger partial charge in [-0.3, -0.25) is 0 Å². The van der Waals surface area contributed by atoms with Crippen LogP contribution in [-0.2, 0) is 6.42 Å². The second kappa shape index (κ2) is 5.50. The van der Waals surface area contributed by atoms with Crippen molar-refractivity contribution in [3.8, 4) is 5.75 Å². The van der Waals surface area contributed by atoms with Gasteiger partial charge in [-0.2, -0.15) is 0 Å². The summed E-state index contributed by atoms with van der Waals surface area (Å²) >= 11 is 0. The summed E-state index contributed by atoms with van der Waals surface area (Å²) in [6.07, 6.45) is 0.642. The molecule has 0 saturated carbocycles. The van der Waals surface area contributed by atoms with Crippen molar-refractivity contribution < 1.29 is 9.13 Å². The van der Waals surface area contributed by atoms with Crippen LogP contribution in [0.3, 0.4) is 0 Å². The van der Waals surface area contributed by atoms with Crippen LogP contribution in [0.1, 0.15) is 26.3 Å². The Morgan fingerprint density at radius 1 is 1.35 bits per heavy atom. The second-order valence-electron chi connectivity index (χ2n) is 5.44. The van der Waals surface area contributed by atoms with Gasteiger partial charge in [0.25, 0.3) is 0 Å². The van der Waals surface area contributed by atoms with Crippen molar-refractivity contribution in [3.05, 3.63) is 29.6 Å². The first-order chi connectivity index (χ1) is 7.90. The van der Waals surface area contributed by atoms with Gasteiger partial charge in [0.15, 0.2) is 11.6 Å². The number of ether oxygens (including phenoxy) is 1. The van der Waals surface area contributed by atoms with Crippen LogP contribution in [0.4, 0.5) is 4.39 Å². The van der Waals surface area contributed by atoms with Gasteiger partial charge in [0.1, 0.15) is 0 Å². The molecule has 0 fully saturated rings. The number of hydrogen-bond acceptors (Lipinski definition) is 2. The standard InChI is InChI=1S/C14H22FNO/c1-14(2,3)11(9-16)8-10-6-5-7-12(17-4)13(10)15/h5-7,11H,8-9,16H2,1-4H3. The summed E-state index contributed by atoms with van der Waals surface area (Å²) in [5, 5.41) is 0. The molecule has 96 valence electrons. The third kappa shape index (κ3) is 3.43. The lowest BCUT2D eigenvalue weighted by Gasteiger charge is -2.29. The van der Waals surface area contributed by atoms with Gasteiger partial charge in [0, 0.05) is 0 Å². The molecule has 0 aliphatic carbocycles. The van der Waals surface area contributed by atoms with Gasteiger partial charge < -0.3 is 10.5 Å². The molecule has 0 aromatic heterocycles. The van der Waals surface area contributed by atoms with Crippen LogP contribution in [-0.4, -0.2) is 13.7 Å². The number of benzene rings is 1. The molecule has 0 aliphatic rings. The van der Waals surface area contributed by atoms with Gasteiger partial charge >= 0.3 is 0 Å². The van der Waals surface area contributed by atoms with E-state index in [4.69, 9.17) is 10.5 Å². The van der Waals surface area contributed by atoms with E-state index in [1.807, 2.05) is 6.07 Å². The van der Waals surface area contributed by atoms with Gasteiger partial charge in [-0.1, -0.05) is 32.9 Å². The first-order valence-electron chi connectivity index (χ1n) is 5.91. The van der Waals surface area contributed by atoms with E-state index in [1.165, 1.54) is 7.11 Å². The van der Waals surface area contributed by atoms with E-state index >= 15 is 0 Å². The fourth-order valence-corrected chi connectivity index (χ4v) is 1.88. The molecular formula is C14H22FNO. The molecular weight excluding hydrogens is 217 g/mol. The largest absolute Gasteiger partial charge is 0.494 e. The Balaban J connectivity index is 2.94. The van der Waals surface area contributed by atoms with Gasteiger partial charge in [-0.15, -0.1) is 0 Å². The lowest BCUT2D eigenvalue weighted by molar-refractivity contribution is 0.243. The number of nitrogens with two attached hydrogens (primary N) is 1. The zero-order chi connectivity index (χ0) is 13.1. The first-order valence-corrected chi connectivity index (χ1v) is 5.91. The van der Waals surface area contributed by atoms with Crippen LogP contribution in [0.25, 0.3) is 0 Å². The number of rotatable bonds is 4. The topological polar surface area (TPSA) is 35.2 Å². The molecule has 2 N–H and O–H groups in total. The highest BCUT2D eigenvalue weighted by atomic mass is 19.1. The van der Waals surface area contributed by atoms with Gasteiger partial charge in [-0.25, -0.2) is 4.39 Å². The molecule has 1 aromatic rings. The van der Waals surface area contributed by atoms with Gasteiger partial charge in [0.2, 0.25) is 0 Å². The SMILES string of the molecule is COc1cccc(CC(CN)C(C)(C)C)c1F. The van der Waals surface area contributed by atoms with Crippen LogP contribution in [0, 0.1) is 17.2 Å². The molecule has 1 aromatic carbocycles. The van der Waals surface area contributed by atoms with Crippen molar-refractivity contribution in [2.24, 2.45) is 17.1 Å². The van der Waals surface area contributed by atoms with E-state index in [0.29, 0.717) is 24.3 Å². The van der Waals surface area contributed by atoms with Crippen LogP contribution in [0.15, 0.2) is 18.2 Å². The van der Waals surface area contributed by atoms with Crippen LogP contribution in [0.5, 0.6) is 5.75 Å². The molecule has 0 spiro atoms. The molecule has 1 rings (SSSR count). The molecule has 1 unspecified atom stereocenters. The predicted octanol–water partition coefficient (Wildman–Crippen LogP) is 3.00. The minimum atomic E-state index is -0.266. The Morgan fingerprint density at radius 3 is 2.47 bits per heavy atom. The Morgan fingerprint density at radius 2 is 2.00 bits per heavy atom. The maximum absolute atomic E-state index is 14.0. The molecule has 0 amide bonds. The van der Waals surface area contributed by atoms with Crippen molar-refractivity contribution in [2.75, 3.05) is 13.7 Å². The van der Waals surface area contributed by atoms with Crippen molar-refractivity contribution in [1.29, 1.82) is 0 Å². The summed E-state index contributed by atoms with van der Waals surface area (Å²) in [5.41, 5.74) is 6.52. The molecule has 2 nitrogen and oxygen atoms in total. The van der Waals surface area contributed by atoms with Crippen molar-refractivity contribution >= 4 is 0 Å². The molecule has 0 aliphatic heterocycles. The quantitative estimate of drug-likeness (QED) is 0.876. The summed E-state index contributed by atoms with van der Waals surface area (Å²) in [6, 6.07) is 5.24. The van der Waals surface area contributed by atoms with E-state index in [9.17, 15) is 4.39 Å². The Bertz CT molecular complexity index is 371. The van der Waals surface area contributed by atoms with Gasteiger partial charge in [-0.05, 0) is 35.9 Å². The van der Waals surface area contributed by atoms with Crippen molar-refractivity contribution in [3.63, 3.8) is 0 Å². The minimum absolute atomic E-state index is 0.0737. The molecule has 0 heterocycles. The highest BCUT2D eigenvalue weighted by Crippen LogP contribution is 2.30. The van der Waals surface area contributed by atoms with E-state index in [-0.39, 0.29) is 17.2 Å². The normalized spacial score (nSPS) is 13.5. The molecule has 17 heavy (non-hydrogen) atoms. The molecule has 0 saturated heterocycles.